The van der Waals surface area contributed by atoms with Crippen molar-refractivity contribution in [2.75, 3.05) is 13.2 Å². The molecule has 100 valence electrons. The van der Waals surface area contributed by atoms with Crippen LogP contribution in [0.4, 0.5) is 4.79 Å². The summed E-state index contributed by atoms with van der Waals surface area (Å²) >= 11 is 1.57. The number of aliphatic hydroxyl groups excluding tert-OH is 1. The third-order valence-corrected chi connectivity index (χ3v) is 2.82. The van der Waals surface area contributed by atoms with Crippen LogP contribution in [0.2, 0.25) is 0 Å². The Balaban J connectivity index is 4.15. The average molecular weight is 357 g/mol. The van der Waals surface area contributed by atoms with Crippen molar-refractivity contribution in [1.29, 1.82) is 0 Å². The third kappa shape index (κ3) is 6.82. The van der Waals surface area contributed by atoms with Gasteiger partial charge in [0, 0.05) is 22.6 Å². The number of ether oxygens (including phenoxy) is 1. The van der Waals surface area contributed by atoms with Crippen molar-refractivity contribution in [1.82, 2.24) is 5.32 Å². The lowest BCUT2D eigenvalue weighted by Gasteiger charge is -2.20. The molecule has 2 N–H and O–H groups in total. The number of esters is 1. The van der Waals surface area contributed by atoms with E-state index in [0.29, 0.717) is 0 Å². The van der Waals surface area contributed by atoms with E-state index in [2.05, 4.69) is 5.32 Å². The molecule has 0 radical (unpaired) electrons. The first-order valence-electron chi connectivity index (χ1n) is 5.65. The molecule has 2 unspecified atom stereocenters. The second-order valence-electron chi connectivity index (χ2n) is 4.19. The van der Waals surface area contributed by atoms with Crippen LogP contribution < -0.4 is 5.32 Å². The fraction of sp³-hybridized carbons (Fsp3) is 0.818. The van der Waals surface area contributed by atoms with Gasteiger partial charge >= 0.3 is 5.97 Å². The van der Waals surface area contributed by atoms with Crippen molar-refractivity contribution in [2.45, 2.75) is 33.2 Å². The van der Waals surface area contributed by atoms with Crippen LogP contribution in [0.1, 0.15) is 27.2 Å². The molecule has 5 nitrogen and oxygen atoms in total. The molecule has 0 aromatic rings. The zero-order valence-electron chi connectivity index (χ0n) is 10.4. The van der Waals surface area contributed by atoms with E-state index in [0.717, 1.165) is 6.42 Å². The fourth-order valence-corrected chi connectivity index (χ4v) is 1.94. The van der Waals surface area contributed by atoms with Crippen LogP contribution in [-0.4, -0.2) is 34.2 Å². The number of hydrogen-bond acceptors (Lipinski definition) is 4. The Morgan fingerprint density at radius 3 is 2.35 bits per heavy atom. The number of amides is 1. The van der Waals surface area contributed by atoms with E-state index >= 15 is 0 Å². The first-order chi connectivity index (χ1) is 7.92. The number of carbonyl (C=O) groups is 2. The molecule has 0 heterocycles. The molecule has 0 aromatic heterocycles. The zero-order valence-corrected chi connectivity index (χ0v) is 12.6. The molecular formula is C11H20INO4. The molecule has 0 saturated carbocycles. The summed E-state index contributed by atoms with van der Waals surface area (Å²) in [5, 5.41) is 11.5. The Kier molecular flexibility index (Phi) is 8.49. The monoisotopic (exact) mass is 357 g/mol. The van der Waals surface area contributed by atoms with Crippen LogP contribution in [0.15, 0.2) is 0 Å². The lowest BCUT2D eigenvalue weighted by molar-refractivity contribution is -0.151. The maximum atomic E-state index is 11.7. The zero-order chi connectivity index (χ0) is 13.4. The van der Waals surface area contributed by atoms with Gasteiger partial charge < -0.3 is 15.2 Å². The van der Waals surface area contributed by atoms with Crippen molar-refractivity contribution in [2.24, 2.45) is 11.8 Å². The summed E-state index contributed by atoms with van der Waals surface area (Å²) in [5.74, 6) is -0.187. The average Bonchev–Trinajstić information content (AvgIpc) is 2.24. The van der Waals surface area contributed by atoms with E-state index in [4.69, 9.17) is 9.84 Å². The van der Waals surface area contributed by atoms with E-state index in [-0.39, 0.29) is 34.9 Å². The summed E-state index contributed by atoms with van der Waals surface area (Å²) in [6.07, 6.45) is 0.721. The predicted molar refractivity (Wildman–Crippen MR) is 73.0 cm³/mol. The molecule has 0 bridgehead atoms. The van der Waals surface area contributed by atoms with E-state index < -0.39 is 6.04 Å². The van der Waals surface area contributed by atoms with Gasteiger partial charge in [-0.15, -0.1) is 0 Å². The summed E-state index contributed by atoms with van der Waals surface area (Å²) < 4.78 is 4.81. The normalized spacial score (nSPS) is 14.2. The fourth-order valence-electron chi connectivity index (χ4n) is 1.50. The highest BCUT2D eigenvalue weighted by atomic mass is 127. The van der Waals surface area contributed by atoms with Crippen LogP contribution in [0.3, 0.4) is 0 Å². The minimum Gasteiger partial charge on any atom is -0.463 e. The molecule has 0 spiro atoms. The maximum absolute atomic E-state index is 11.7. The molecule has 0 fully saturated rings. The number of hydrogen-bond donors (Lipinski definition) is 2. The smallest absolute Gasteiger partial charge is 0.309 e. The van der Waals surface area contributed by atoms with Crippen LogP contribution in [0, 0.1) is 11.8 Å². The first kappa shape index (κ1) is 16.6. The van der Waals surface area contributed by atoms with Gasteiger partial charge in [0.1, 0.15) is 6.61 Å². The van der Waals surface area contributed by atoms with Crippen LogP contribution in [0.5, 0.6) is 0 Å². The number of carbonyl (C=O) groups excluding carboxylic acids is 2. The first-order valence-corrected chi connectivity index (χ1v) is 6.73. The lowest BCUT2D eigenvalue weighted by Crippen LogP contribution is -2.39. The Hall–Kier alpha value is -0.370. The second kappa shape index (κ2) is 8.68. The van der Waals surface area contributed by atoms with Crippen LogP contribution in [-0.2, 0) is 9.53 Å². The summed E-state index contributed by atoms with van der Waals surface area (Å²) in [5.41, 5.74) is 0. The molecule has 0 rings (SSSR count). The van der Waals surface area contributed by atoms with Gasteiger partial charge in [0.15, 0.2) is 0 Å². The van der Waals surface area contributed by atoms with Gasteiger partial charge in [0.25, 0.3) is 3.91 Å². The van der Waals surface area contributed by atoms with E-state index in [1.54, 1.807) is 22.6 Å². The van der Waals surface area contributed by atoms with Crippen molar-refractivity contribution >= 4 is 32.5 Å². The number of halogens is 1. The van der Waals surface area contributed by atoms with Gasteiger partial charge in [0.05, 0.1) is 18.6 Å². The Bertz CT molecular complexity index is 258. The Labute approximate surface area is 115 Å². The van der Waals surface area contributed by atoms with Crippen LogP contribution >= 0.6 is 22.6 Å². The maximum Gasteiger partial charge on any atom is 0.309 e. The van der Waals surface area contributed by atoms with Gasteiger partial charge in [0.2, 0.25) is 0 Å². The molecule has 0 aromatic carbocycles. The van der Waals surface area contributed by atoms with E-state index in [9.17, 15) is 9.59 Å². The molecule has 0 saturated heterocycles. The van der Waals surface area contributed by atoms with Gasteiger partial charge in [-0.25, -0.2) is 0 Å². The van der Waals surface area contributed by atoms with E-state index in [1.807, 2.05) is 20.8 Å². The molecule has 2 atom stereocenters. The molecule has 6 heteroatoms. The highest BCUT2D eigenvalue weighted by Crippen LogP contribution is 2.16. The second-order valence-corrected chi connectivity index (χ2v) is 5.17. The SMILES string of the molecule is CCC(C(=O)OCC(CO)NC(=O)I)C(C)C. The molecule has 0 aliphatic rings. The lowest BCUT2D eigenvalue weighted by atomic mass is 9.93. The van der Waals surface area contributed by atoms with Crippen molar-refractivity contribution in [3.05, 3.63) is 0 Å². The van der Waals surface area contributed by atoms with Gasteiger partial charge in [-0.3, -0.25) is 9.59 Å². The predicted octanol–water partition coefficient (Wildman–Crippen LogP) is 1.72. The Morgan fingerprint density at radius 1 is 1.41 bits per heavy atom. The summed E-state index contributed by atoms with van der Waals surface area (Å²) in [7, 11) is 0. The van der Waals surface area contributed by atoms with Crippen molar-refractivity contribution in [3.8, 4) is 0 Å². The quantitative estimate of drug-likeness (QED) is 0.315. The number of rotatable bonds is 7. The van der Waals surface area contributed by atoms with Crippen molar-refractivity contribution in [3.63, 3.8) is 0 Å². The van der Waals surface area contributed by atoms with Crippen LogP contribution in [0.25, 0.3) is 0 Å². The summed E-state index contributed by atoms with van der Waals surface area (Å²) in [4.78, 5) is 22.5. The van der Waals surface area contributed by atoms with Gasteiger partial charge in [-0.05, 0) is 12.3 Å². The highest BCUT2D eigenvalue weighted by molar-refractivity contribution is 14.1. The minimum atomic E-state index is -0.534. The topological polar surface area (TPSA) is 75.6 Å². The molecule has 17 heavy (non-hydrogen) atoms. The minimum absolute atomic E-state index is 0.00724. The highest BCUT2D eigenvalue weighted by Gasteiger charge is 2.22. The van der Waals surface area contributed by atoms with Gasteiger partial charge in [-0.2, -0.15) is 0 Å². The molecule has 0 aliphatic heterocycles. The molecule has 0 aliphatic carbocycles. The van der Waals surface area contributed by atoms with E-state index in [1.165, 1.54) is 0 Å². The number of aliphatic hydroxyl groups is 1. The molecular weight excluding hydrogens is 337 g/mol. The number of nitrogens with one attached hydrogen (secondary N) is 1. The van der Waals surface area contributed by atoms with Gasteiger partial charge in [-0.1, -0.05) is 20.8 Å². The van der Waals surface area contributed by atoms with Crippen molar-refractivity contribution < 1.29 is 19.4 Å². The molecule has 1 amide bonds. The summed E-state index contributed by atoms with van der Waals surface area (Å²) in [6.45, 7) is 5.62. The largest absolute Gasteiger partial charge is 0.463 e. The Morgan fingerprint density at radius 2 is 2.00 bits per heavy atom. The third-order valence-electron chi connectivity index (χ3n) is 2.51. The standard InChI is InChI=1S/C11H20INO4/c1-4-9(7(2)3)10(15)17-6-8(5-14)13-11(12)16/h7-9,14H,4-6H2,1-3H3,(H,13,16). The summed E-state index contributed by atoms with van der Waals surface area (Å²) in [6, 6.07) is -0.534.